The van der Waals surface area contributed by atoms with Gasteiger partial charge in [0.25, 0.3) is 5.91 Å². The maximum absolute atomic E-state index is 13.1. The van der Waals surface area contributed by atoms with E-state index in [1.165, 1.54) is 0 Å². The summed E-state index contributed by atoms with van der Waals surface area (Å²) < 4.78 is 17.1. The molecule has 0 radical (unpaired) electrons. The number of amides is 3. The van der Waals surface area contributed by atoms with Crippen LogP contribution >= 0.6 is 0 Å². The molecular formula is C26H39N3O6. The number of unbranched alkanes of at least 4 members (excludes halogenated alkanes) is 1. The Morgan fingerprint density at radius 3 is 2.37 bits per heavy atom. The number of allylic oxidation sites excluding steroid dienone is 1. The van der Waals surface area contributed by atoms with Crippen LogP contribution < -0.4 is 20.1 Å². The van der Waals surface area contributed by atoms with Gasteiger partial charge in [0.15, 0.2) is 18.1 Å². The molecule has 1 atom stereocenters. The molecule has 0 spiro atoms. The number of hydrogen-bond donors (Lipinski definition) is 2. The Balaban J connectivity index is 2.42. The molecule has 2 N–H and O–H groups in total. The van der Waals surface area contributed by atoms with Gasteiger partial charge in [-0.25, -0.2) is 9.59 Å². The van der Waals surface area contributed by atoms with E-state index in [4.69, 9.17) is 14.2 Å². The van der Waals surface area contributed by atoms with Crippen molar-refractivity contribution in [2.75, 3.05) is 26.3 Å². The van der Waals surface area contributed by atoms with Crippen LogP contribution in [0, 0.1) is 0 Å². The van der Waals surface area contributed by atoms with E-state index in [0.29, 0.717) is 54.4 Å². The molecule has 0 fully saturated rings. The second kappa shape index (κ2) is 13.6. The number of rotatable bonds is 13. The molecule has 9 heteroatoms. The highest BCUT2D eigenvalue weighted by Crippen LogP contribution is 2.35. The Morgan fingerprint density at radius 2 is 1.77 bits per heavy atom. The van der Waals surface area contributed by atoms with Crippen molar-refractivity contribution in [1.29, 1.82) is 0 Å². The van der Waals surface area contributed by atoms with Crippen molar-refractivity contribution in [2.24, 2.45) is 0 Å². The number of urea groups is 1. The van der Waals surface area contributed by atoms with Gasteiger partial charge in [-0.1, -0.05) is 19.4 Å². The molecule has 2 rings (SSSR count). The topological polar surface area (TPSA) is 106 Å². The summed E-state index contributed by atoms with van der Waals surface area (Å²) in [7, 11) is 0. The van der Waals surface area contributed by atoms with Gasteiger partial charge in [0.1, 0.15) is 0 Å². The first-order valence-corrected chi connectivity index (χ1v) is 12.4. The van der Waals surface area contributed by atoms with Crippen LogP contribution in [0.15, 0.2) is 29.5 Å². The van der Waals surface area contributed by atoms with Crippen molar-refractivity contribution in [2.45, 2.75) is 73.0 Å². The van der Waals surface area contributed by atoms with E-state index >= 15 is 0 Å². The van der Waals surface area contributed by atoms with E-state index in [-0.39, 0.29) is 24.6 Å². The second-order valence-corrected chi connectivity index (χ2v) is 8.48. The van der Waals surface area contributed by atoms with Crippen molar-refractivity contribution in [1.82, 2.24) is 15.5 Å². The van der Waals surface area contributed by atoms with Gasteiger partial charge in [-0.15, -0.1) is 0 Å². The molecule has 1 unspecified atom stereocenters. The molecule has 0 aromatic heterocycles. The van der Waals surface area contributed by atoms with Crippen molar-refractivity contribution in [3.8, 4) is 11.5 Å². The van der Waals surface area contributed by atoms with Crippen LogP contribution in [0.3, 0.4) is 0 Å². The highest BCUT2D eigenvalue weighted by atomic mass is 16.5. The minimum absolute atomic E-state index is 0.113. The summed E-state index contributed by atoms with van der Waals surface area (Å²) in [5.74, 6) is 0.246. The van der Waals surface area contributed by atoms with Gasteiger partial charge in [-0.2, -0.15) is 0 Å². The summed E-state index contributed by atoms with van der Waals surface area (Å²) in [6.45, 7) is 12.8. The summed E-state index contributed by atoms with van der Waals surface area (Å²) in [6, 6.07) is 4.09. The SMILES string of the molecule is CCCCC1=C(C(=O)OC(C)C)C(c2ccc(OCC(=O)N(CC)CC)c(OCC)c2)NC(=O)N1. The molecule has 1 aromatic carbocycles. The molecule has 9 nitrogen and oxygen atoms in total. The Kier molecular flexibility index (Phi) is 10.9. The van der Waals surface area contributed by atoms with E-state index in [1.807, 2.05) is 27.7 Å². The largest absolute Gasteiger partial charge is 0.490 e. The summed E-state index contributed by atoms with van der Waals surface area (Å²) in [6.07, 6.45) is 1.98. The normalized spacial score (nSPS) is 15.4. The molecule has 0 saturated heterocycles. The second-order valence-electron chi connectivity index (χ2n) is 8.48. The van der Waals surface area contributed by atoms with Crippen molar-refractivity contribution in [3.63, 3.8) is 0 Å². The number of carbonyl (C=O) groups is 3. The highest BCUT2D eigenvalue weighted by molar-refractivity contribution is 5.95. The van der Waals surface area contributed by atoms with Crippen LogP contribution in [0.1, 0.15) is 72.4 Å². The van der Waals surface area contributed by atoms with Crippen LogP contribution in [-0.4, -0.2) is 55.2 Å². The molecule has 194 valence electrons. The number of benzene rings is 1. The Hall–Kier alpha value is -3.23. The van der Waals surface area contributed by atoms with Crippen LogP contribution in [0.25, 0.3) is 0 Å². The van der Waals surface area contributed by atoms with Gasteiger partial charge in [0, 0.05) is 18.8 Å². The number of nitrogens with one attached hydrogen (secondary N) is 2. The fraction of sp³-hybridized carbons (Fsp3) is 0.577. The van der Waals surface area contributed by atoms with E-state index in [2.05, 4.69) is 10.6 Å². The summed E-state index contributed by atoms with van der Waals surface area (Å²) in [4.78, 5) is 39.6. The molecule has 35 heavy (non-hydrogen) atoms. The van der Waals surface area contributed by atoms with Gasteiger partial charge in [0.05, 0.1) is 24.3 Å². The molecule has 1 heterocycles. The minimum atomic E-state index is -0.715. The number of likely N-dealkylation sites (N-methyl/N-ethyl adjacent to an activating group) is 1. The zero-order valence-electron chi connectivity index (χ0n) is 21.7. The van der Waals surface area contributed by atoms with Crippen LogP contribution in [0.2, 0.25) is 0 Å². The molecule has 3 amide bonds. The van der Waals surface area contributed by atoms with Gasteiger partial charge >= 0.3 is 12.0 Å². The van der Waals surface area contributed by atoms with Crippen LogP contribution in [0.4, 0.5) is 4.79 Å². The quantitative estimate of drug-likeness (QED) is 0.405. The number of carbonyl (C=O) groups excluding carboxylic acids is 3. The van der Waals surface area contributed by atoms with Gasteiger partial charge in [-0.05, 0) is 65.2 Å². The fourth-order valence-electron chi connectivity index (χ4n) is 3.84. The predicted octanol–water partition coefficient (Wildman–Crippen LogP) is 4.08. The lowest BCUT2D eigenvalue weighted by atomic mass is 9.93. The standard InChI is InChI=1S/C26H39N3O6/c1-7-11-12-19-23(25(31)35-17(5)6)24(28-26(32)27-19)18-13-14-20(21(15-18)33-10-4)34-16-22(30)29(8-2)9-3/h13-15,17,24H,7-12,16H2,1-6H3,(H2,27,28,32). The van der Waals surface area contributed by atoms with E-state index < -0.39 is 12.0 Å². The van der Waals surface area contributed by atoms with Crippen LogP contribution in [0.5, 0.6) is 11.5 Å². The van der Waals surface area contributed by atoms with Crippen molar-refractivity contribution >= 4 is 17.9 Å². The fourth-order valence-corrected chi connectivity index (χ4v) is 3.84. The molecule has 1 aliphatic heterocycles. The lowest BCUT2D eigenvalue weighted by Gasteiger charge is -2.30. The molecule has 0 saturated carbocycles. The van der Waals surface area contributed by atoms with E-state index in [0.717, 1.165) is 12.8 Å². The molecule has 0 bridgehead atoms. The van der Waals surface area contributed by atoms with Gasteiger partial charge < -0.3 is 29.7 Å². The summed E-state index contributed by atoms with van der Waals surface area (Å²) >= 11 is 0. The molecule has 1 aromatic rings. The molecule has 0 aliphatic carbocycles. The minimum Gasteiger partial charge on any atom is -0.490 e. The first-order chi connectivity index (χ1) is 16.7. The number of nitrogens with zero attached hydrogens (tertiary/aromatic N) is 1. The van der Waals surface area contributed by atoms with Gasteiger partial charge in [-0.3, -0.25) is 4.79 Å². The van der Waals surface area contributed by atoms with Crippen molar-refractivity contribution < 1.29 is 28.6 Å². The monoisotopic (exact) mass is 489 g/mol. The maximum atomic E-state index is 13.1. The number of ether oxygens (including phenoxy) is 3. The average Bonchev–Trinajstić information content (AvgIpc) is 2.81. The lowest BCUT2D eigenvalue weighted by molar-refractivity contribution is -0.143. The third kappa shape index (κ3) is 7.63. The average molecular weight is 490 g/mol. The maximum Gasteiger partial charge on any atom is 0.338 e. The van der Waals surface area contributed by atoms with Crippen LogP contribution in [-0.2, 0) is 14.3 Å². The third-order valence-corrected chi connectivity index (χ3v) is 5.56. The van der Waals surface area contributed by atoms with E-state index in [1.54, 1.807) is 36.9 Å². The smallest absolute Gasteiger partial charge is 0.338 e. The van der Waals surface area contributed by atoms with Gasteiger partial charge in [0.2, 0.25) is 0 Å². The Morgan fingerprint density at radius 1 is 1.06 bits per heavy atom. The Labute approximate surface area is 208 Å². The lowest BCUT2D eigenvalue weighted by Crippen LogP contribution is -2.46. The molecule has 1 aliphatic rings. The number of esters is 1. The summed E-state index contributed by atoms with van der Waals surface area (Å²) in [5, 5.41) is 5.64. The highest BCUT2D eigenvalue weighted by Gasteiger charge is 2.34. The van der Waals surface area contributed by atoms with E-state index in [9.17, 15) is 14.4 Å². The molecular weight excluding hydrogens is 450 g/mol. The zero-order valence-corrected chi connectivity index (χ0v) is 21.7. The number of hydrogen-bond acceptors (Lipinski definition) is 6. The predicted molar refractivity (Wildman–Crippen MR) is 133 cm³/mol. The zero-order chi connectivity index (χ0) is 26.0. The Bertz CT molecular complexity index is 924. The summed E-state index contributed by atoms with van der Waals surface area (Å²) in [5.41, 5.74) is 1.59. The first kappa shape index (κ1) is 28.0. The first-order valence-electron chi connectivity index (χ1n) is 12.4. The van der Waals surface area contributed by atoms with Crippen molar-refractivity contribution in [3.05, 3.63) is 35.0 Å². The third-order valence-electron chi connectivity index (χ3n) is 5.56.